The lowest BCUT2D eigenvalue weighted by Crippen LogP contribution is -2.57. The largest absolute Gasteiger partial charge is 0.481 e. The molecule has 1 aromatic rings. The zero-order valence-corrected chi connectivity index (χ0v) is 19.5. The first-order valence-corrected chi connectivity index (χ1v) is 11.0. The number of carbonyl (C=O) groups is 6. The minimum Gasteiger partial charge on any atom is -0.481 e. The highest BCUT2D eigenvalue weighted by Gasteiger charge is 2.30. The first-order chi connectivity index (χ1) is 16.4. The molecule has 8 N–H and O–H groups in total. The Morgan fingerprint density at radius 2 is 1.66 bits per heavy atom. The van der Waals surface area contributed by atoms with Crippen LogP contribution in [0.5, 0.6) is 0 Å². The summed E-state index contributed by atoms with van der Waals surface area (Å²) in [5.74, 6) is -4.77. The zero-order valence-electron chi connectivity index (χ0n) is 19.5. The van der Waals surface area contributed by atoms with E-state index in [0.29, 0.717) is 12.1 Å². The van der Waals surface area contributed by atoms with Gasteiger partial charge < -0.3 is 41.7 Å². The molecule has 0 aromatic carbocycles. The van der Waals surface area contributed by atoms with E-state index in [4.69, 9.17) is 15.9 Å². The number of aromatic amines is 1. The van der Waals surface area contributed by atoms with Crippen LogP contribution in [0.15, 0.2) is 12.5 Å². The minimum absolute atomic E-state index is 0.0982. The molecule has 0 fully saturated rings. The van der Waals surface area contributed by atoms with E-state index in [1.54, 1.807) is 0 Å². The van der Waals surface area contributed by atoms with E-state index in [-0.39, 0.29) is 25.0 Å². The average Bonchev–Trinajstić information content (AvgIpc) is 3.27. The summed E-state index contributed by atoms with van der Waals surface area (Å²) in [6.45, 7) is 3.72. The second-order valence-electron chi connectivity index (χ2n) is 8.42. The van der Waals surface area contributed by atoms with Crippen LogP contribution in [-0.2, 0) is 35.2 Å². The number of H-pyrrole nitrogens is 1. The van der Waals surface area contributed by atoms with E-state index in [2.05, 4.69) is 25.9 Å². The van der Waals surface area contributed by atoms with Gasteiger partial charge in [0.25, 0.3) is 0 Å². The maximum atomic E-state index is 13.0. The number of carbonyl (C=O) groups excluding carboxylic acids is 4. The number of nitrogens with one attached hydrogen (secondary N) is 4. The second-order valence-corrected chi connectivity index (χ2v) is 8.42. The topological polar surface area (TPSA) is 234 Å². The van der Waals surface area contributed by atoms with E-state index < -0.39 is 66.7 Å². The Morgan fingerprint density at radius 1 is 1.03 bits per heavy atom. The normalized spacial score (nSPS) is 14.3. The lowest BCUT2D eigenvalue weighted by atomic mass is 10.0. The number of carboxylic acids is 2. The summed E-state index contributed by atoms with van der Waals surface area (Å²) < 4.78 is 0. The van der Waals surface area contributed by atoms with E-state index in [9.17, 15) is 28.8 Å². The van der Waals surface area contributed by atoms with Gasteiger partial charge in [0.15, 0.2) is 0 Å². The molecule has 0 bridgehead atoms. The van der Waals surface area contributed by atoms with Crippen LogP contribution in [0.4, 0.5) is 0 Å². The molecule has 0 radical (unpaired) electrons. The molecule has 14 heteroatoms. The van der Waals surface area contributed by atoms with Crippen LogP contribution < -0.4 is 21.7 Å². The number of imidazole rings is 1. The molecule has 14 nitrogen and oxygen atoms in total. The summed E-state index contributed by atoms with van der Waals surface area (Å²) in [7, 11) is 0. The van der Waals surface area contributed by atoms with Gasteiger partial charge in [-0.25, -0.2) is 4.98 Å². The van der Waals surface area contributed by atoms with Crippen molar-refractivity contribution in [1.82, 2.24) is 25.9 Å². The van der Waals surface area contributed by atoms with Gasteiger partial charge in [-0.3, -0.25) is 24.0 Å². The molecule has 3 amide bonds. The van der Waals surface area contributed by atoms with Crippen LogP contribution in [0.1, 0.15) is 45.2 Å². The van der Waals surface area contributed by atoms with Gasteiger partial charge in [-0.15, -0.1) is 0 Å². The molecule has 4 atom stereocenters. The van der Waals surface area contributed by atoms with Crippen LogP contribution in [0.2, 0.25) is 0 Å². The average molecular weight is 497 g/mol. The highest BCUT2D eigenvalue weighted by Crippen LogP contribution is 2.07. The number of nitrogens with two attached hydrogens (primary N) is 1. The summed E-state index contributed by atoms with van der Waals surface area (Å²) in [4.78, 5) is 77.9. The number of nitrogens with zero attached hydrogens (tertiary/aromatic N) is 1. The third-order valence-corrected chi connectivity index (χ3v) is 4.84. The number of carboxylic acid groups (broad SMARTS) is 2. The highest BCUT2D eigenvalue weighted by molar-refractivity contribution is 5.94. The van der Waals surface area contributed by atoms with Crippen molar-refractivity contribution in [3.05, 3.63) is 18.2 Å². The van der Waals surface area contributed by atoms with Crippen molar-refractivity contribution in [2.45, 2.75) is 70.1 Å². The van der Waals surface area contributed by atoms with Gasteiger partial charge in [-0.05, 0) is 18.8 Å². The molecular weight excluding hydrogens is 464 g/mol. The van der Waals surface area contributed by atoms with Crippen molar-refractivity contribution >= 4 is 35.9 Å². The van der Waals surface area contributed by atoms with Gasteiger partial charge in [0.1, 0.15) is 18.4 Å². The Bertz CT molecular complexity index is 888. The Labute approximate surface area is 201 Å². The number of hydrogen-bond acceptors (Lipinski definition) is 8. The van der Waals surface area contributed by atoms with Gasteiger partial charge in [0, 0.05) is 24.7 Å². The summed E-state index contributed by atoms with van der Waals surface area (Å²) in [6.07, 6.45) is 1.85. The van der Waals surface area contributed by atoms with Crippen molar-refractivity contribution < 1.29 is 39.0 Å². The molecule has 0 saturated carbocycles. The summed E-state index contributed by atoms with van der Waals surface area (Å²) >= 11 is 0. The van der Waals surface area contributed by atoms with Gasteiger partial charge in [-0.1, -0.05) is 13.8 Å². The fourth-order valence-electron chi connectivity index (χ4n) is 3.13. The Morgan fingerprint density at radius 3 is 2.17 bits per heavy atom. The van der Waals surface area contributed by atoms with Crippen molar-refractivity contribution in [1.29, 1.82) is 0 Å². The smallest absolute Gasteiger partial charge is 0.305 e. The standard InChI is InChI=1S/C21H32N6O8/c1-11(2)5-14(22)19(33)26-15(3-4-17(29)30)20(34)27-16(6-12-8-23-10-24-12)21(35)25-13(9-28)7-18(31)32/h8-11,13-16H,3-7,22H2,1-2H3,(H,23,24)(H,25,35)(H,26,33)(H,27,34)(H,29,30)(H,31,32). The fourth-order valence-corrected chi connectivity index (χ4v) is 3.13. The summed E-state index contributed by atoms with van der Waals surface area (Å²) in [6, 6.07) is -4.87. The molecule has 0 spiro atoms. The maximum Gasteiger partial charge on any atom is 0.305 e. The Hall–Kier alpha value is -3.81. The van der Waals surface area contributed by atoms with Crippen molar-refractivity contribution in [3.63, 3.8) is 0 Å². The third kappa shape index (κ3) is 11.2. The van der Waals surface area contributed by atoms with Gasteiger partial charge >= 0.3 is 11.9 Å². The molecule has 1 rings (SSSR count). The molecule has 0 aliphatic heterocycles. The molecular formula is C21H32N6O8. The van der Waals surface area contributed by atoms with E-state index in [1.807, 2.05) is 13.8 Å². The molecule has 0 saturated heterocycles. The lowest BCUT2D eigenvalue weighted by molar-refractivity contribution is -0.140. The molecule has 0 aliphatic rings. The summed E-state index contributed by atoms with van der Waals surface area (Å²) in [5.41, 5.74) is 6.30. The first kappa shape index (κ1) is 29.2. The van der Waals surface area contributed by atoms with E-state index in [1.165, 1.54) is 12.5 Å². The summed E-state index contributed by atoms with van der Waals surface area (Å²) in [5, 5.41) is 25.0. The quantitative estimate of drug-likeness (QED) is 0.128. The zero-order chi connectivity index (χ0) is 26.5. The number of aldehydes is 1. The van der Waals surface area contributed by atoms with Crippen LogP contribution in [0.3, 0.4) is 0 Å². The molecule has 0 aliphatic carbocycles. The van der Waals surface area contributed by atoms with Crippen LogP contribution in [0.25, 0.3) is 0 Å². The molecule has 194 valence electrons. The van der Waals surface area contributed by atoms with Crippen LogP contribution in [-0.4, -0.2) is 80.3 Å². The predicted molar refractivity (Wildman–Crippen MR) is 121 cm³/mol. The molecule has 4 unspecified atom stereocenters. The van der Waals surface area contributed by atoms with Crippen molar-refractivity contribution in [2.75, 3.05) is 0 Å². The Kier molecular flexibility index (Phi) is 12.1. The number of aromatic nitrogens is 2. The monoisotopic (exact) mass is 496 g/mol. The van der Waals surface area contributed by atoms with Crippen molar-refractivity contribution in [3.8, 4) is 0 Å². The van der Waals surface area contributed by atoms with E-state index in [0.717, 1.165) is 0 Å². The van der Waals surface area contributed by atoms with Crippen LogP contribution >= 0.6 is 0 Å². The SMILES string of the molecule is CC(C)CC(N)C(=O)NC(CCC(=O)O)C(=O)NC(Cc1cnc[nH]1)C(=O)NC(C=O)CC(=O)O. The third-order valence-electron chi connectivity index (χ3n) is 4.84. The van der Waals surface area contributed by atoms with Crippen molar-refractivity contribution in [2.24, 2.45) is 11.7 Å². The number of rotatable bonds is 16. The van der Waals surface area contributed by atoms with Gasteiger partial charge in [0.05, 0.1) is 24.8 Å². The van der Waals surface area contributed by atoms with E-state index >= 15 is 0 Å². The number of aliphatic carboxylic acids is 2. The first-order valence-electron chi connectivity index (χ1n) is 11.0. The minimum atomic E-state index is -1.34. The number of amides is 3. The van der Waals surface area contributed by atoms with Gasteiger partial charge in [-0.2, -0.15) is 0 Å². The predicted octanol–water partition coefficient (Wildman–Crippen LogP) is -1.68. The lowest BCUT2D eigenvalue weighted by Gasteiger charge is -2.24. The molecule has 1 heterocycles. The fraction of sp³-hybridized carbons (Fsp3) is 0.571. The maximum absolute atomic E-state index is 13.0. The highest BCUT2D eigenvalue weighted by atomic mass is 16.4. The Balaban J connectivity index is 3.05. The van der Waals surface area contributed by atoms with Gasteiger partial charge in [0.2, 0.25) is 17.7 Å². The second kappa shape index (κ2) is 14.5. The number of hydrogen-bond donors (Lipinski definition) is 7. The molecule has 1 aromatic heterocycles. The molecule has 35 heavy (non-hydrogen) atoms. The van der Waals surface area contributed by atoms with Crippen LogP contribution in [0, 0.1) is 5.92 Å².